The van der Waals surface area contributed by atoms with E-state index in [-0.39, 0.29) is 23.4 Å². The third-order valence-electron chi connectivity index (χ3n) is 5.07. The summed E-state index contributed by atoms with van der Waals surface area (Å²) in [5.41, 5.74) is 2.42. The van der Waals surface area contributed by atoms with E-state index in [2.05, 4.69) is 17.6 Å². The number of amides is 1. The Morgan fingerprint density at radius 3 is 3.04 bits per heavy atom. The fraction of sp³-hybridized carbons (Fsp3) is 0.500. The number of methoxy groups -OCH3 is 1. The van der Waals surface area contributed by atoms with Crippen molar-refractivity contribution in [1.82, 2.24) is 10.6 Å². The van der Waals surface area contributed by atoms with Crippen molar-refractivity contribution in [3.63, 3.8) is 0 Å². The van der Waals surface area contributed by atoms with Crippen molar-refractivity contribution in [1.29, 1.82) is 0 Å². The van der Waals surface area contributed by atoms with E-state index in [4.69, 9.17) is 4.74 Å². The van der Waals surface area contributed by atoms with Crippen molar-refractivity contribution in [3.05, 3.63) is 40.3 Å². The number of carbonyl (C=O) groups excluding carboxylic acids is 1. The van der Waals surface area contributed by atoms with Crippen molar-refractivity contribution >= 4 is 17.7 Å². The number of thioether (sulfide) groups is 1. The lowest BCUT2D eigenvalue weighted by molar-refractivity contribution is -0.127. The quantitative estimate of drug-likeness (QED) is 0.874. The van der Waals surface area contributed by atoms with Gasteiger partial charge in [-0.3, -0.25) is 10.1 Å². The second-order valence-corrected chi connectivity index (χ2v) is 7.93. The molecule has 1 saturated heterocycles. The van der Waals surface area contributed by atoms with Gasteiger partial charge in [-0.2, -0.15) is 0 Å². The molecule has 5 heteroatoms. The van der Waals surface area contributed by atoms with Crippen molar-refractivity contribution < 1.29 is 9.53 Å². The van der Waals surface area contributed by atoms with Gasteiger partial charge in [0.2, 0.25) is 5.91 Å². The molecular formula is C18H22N2O2S. The molecule has 1 aromatic rings. The average Bonchev–Trinajstić information content (AvgIpc) is 2.92. The van der Waals surface area contributed by atoms with Crippen LogP contribution >= 0.6 is 11.8 Å². The van der Waals surface area contributed by atoms with E-state index < -0.39 is 0 Å². The highest BCUT2D eigenvalue weighted by Crippen LogP contribution is 2.50. The number of rotatable bonds is 2. The van der Waals surface area contributed by atoms with Crippen LogP contribution in [-0.2, 0) is 4.79 Å². The van der Waals surface area contributed by atoms with E-state index in [9.17, 15) is 4.79 Å². The molecule has 4 rings (SSSR count). The Balaban J connectivity index is 1.56. The largest absolute Gasteiger partial charge is 0.497 e. The fourth-order valence-electron chi connectivity index (χ4n) is 3.81. The molecule has 1 aliphatic carbocycles. The van der Waals surface area contributed by atoms with Gasteiger partial charge in [-0.25, -0.2) is 0 Å². The summed E-state index contributed by atoms with van der Waals surface area (Å²) < 4.78 is 5.29. The first-order chi connectivity index (χ1) is 11.2. The molecular weight excluding hydrogens is 308 g/mol. The highest BCUT2D eigenvalue weighted by atomic mass is 32.2. The van der Waals surface area contributed by atoms with Crippen molar-refractivity contribution in [2.45, 2.75) is 37.7 Å². The van der Waals surface area contributed by atoms with Crippen LogP contribution in [0.1, 0.15) is 37.9 Å². The first-order valence-electron chi connectivity index (χ1n) is 8.24. The highest BCUT2D eigenvalue weighted by Gasteiger charge is 2.45. The molecule has 4 nitrogen and oxygen atoms in total. The predicted octanol–water partition coefficient (Wildman–Crippen LogP) is 3.18. The first-order valence-corrected chi connectivity index (χ1v) is 9.12. The maximum absolute atomic E-state index is 12.7. The minimum Gasteiger partial charge on any atom is -0.497 e. The van der Waals surface area contributed by atoms with Crippen molar-refractivity contribution in [3.8, 4) is 5.75 Å². The van der Waals surface area contributed by atoms with Crippen LogP contribution in [0.5, 0.6) is 5.75 Å². The van der Waals surface area contributed by atoms with E-state index in [1.54, 1.807) is 7.11 Å². The molecule has 122 valence electrons. The third kappa shape index (κ3) is 2.66. The topological polar surface area (TPSA) is 50.4 Å². The molecule has 0 spiro atoms. The number of hydrogen-bond donors (Lipinski definition) is 2. The zero-order valence-electron chi connectivity index (χ0n) is 13.5. The minimum absolute atomic E-state index is 0.00403. The fourth-order valence-corrected chi connectivity index (χ4v) is 5.51. The van der Waals surface area contributed by atoms with Crippen LogP contribution in [0, 0.1) is 11.8 Å². The lowest BCUT2D eigenvalue weighted by atomic mass is 9.83. The Bertz CT molecular complexity index is 673. The van der Waals surface area contributed by atoms with E-state index in [1.807, 2.05) is 36.0 Å². The zero-order valence-corrected chi connectivity index (χ0v) is 14.3. The van der Waals surface area contributed by atoms with Gasteiger partial charge in [-0.15, -0.1) is 11.8 Å². The Morgan fingerprint density at radius 2 is 2.22 bits per heavy atom. The third-order valence-corrected chi connectivity index (χ3v) is 6.45. The van der Waals surface area contributed by atoms with Crippen LogP contribution in [0.15, 0.2) is 34.7 Å². The van der Waals surface area contributed by atoms with Crippen LogP contribution < -0.4 is 15.4 Å². The molecule has 2 heterocycles. The smallest absolute Gasteiger partial charge is 0.231 e. The van der Waals surface area contributed by atoms with Crippen LogP contribution in [0.4, 0.5) is 0 Å². The van der Waals surface area contributed by atoms with Crippen LogP contribution in [0.3, 0.4) is 0 Å². The predicted molar refractivity (Wildman–Crippen MR) is 91.9 cm³/mol. The normalized spacial score (nSPS) is 33.0. The van der Waals surface area contributed by atoms with Crippen molar-refractivity contribution in [2.75, 3.05) is 7.11 Å². The Hall–Kier alpha value is -1.46. The summed E-state index contributed by atoms with van der Waals surface area (Å²) >= 11 is 1.87. The van der Waals surface area contributed by atoms with Crippen LogP contribution in [0.2, 0.25) is 0 Å². The van der Waals surface area contributed by atoms with Crippen molar-refractivity contribution in [2.24, 2.45) is 11.8 Å². The molecule has 0 aromatic heterocycles. The SMILES string of the molecule is COc1cccc(C2NC(=O)C3C4=C(CC(C)CC4)SC3N2)c1. The van der Waals surface area contributed by atoms with E-state index in [0.717, 1.165) is 30.1 Å². The maximum Gasteiger partial charge on any atom is 0.231 e. The summed E-state index contributed by atoms with van der Waals surface area (Å²) in [4.78, 5) is 14.2. The van der Waals surface area contributed by atoms with Gasteiger partial charge < -0.3 is 10.1 Å². The highest BCUT2D eigenvalue weighted by molar-refractivity contribution is 8.04. The molecule has 1 fully saturated rings. The van der Waals surface area contributed by atoms with Gasteiger partial charge in [0, 0.05) is 0 Å². The van der Waals surface area contributed by atoms with Crippen LogP contribution in [-0.4, -0.2) is 18.4 Å². The minimum atomic E-state index is -0.148. The number of ether oxygens (including phenoxy) is 1. The number of allylic oxidation sites excluding steroid dienone is 1. The van der Waals surface area contributed by atoms with Crippen LogP contribution in [0.25, 0.3) is 0 Å². The van der Waals surface area contributed by atoms with Gasteiger partial charge in [-0.1, -0.05) is 19.1 Å². The molecule has 3 aliphatic rings. The van der Waals surface area contributed by atoms with Gasteiger partial charge in [-0.05, 0) is 53.4 Å². The summed E-state index contributed by atoms with van der Waals surface area (Å²) in [5.74, 6) is 1.71. The van der Waals surface area contributed by atoms with Gasteiger partial charge in [0.25, 0.3) is 0 Å². The van der Waals surface area contributed by atoms with E-state index in [0.29, 0.717) is 0 Å². The number of fused-ring (bicyclic) bond motifs is 2. The number of benzene rings is 1. The molecule has 0 radical (unpaired) electrons. The Labute approximate surface area is 141 Å². The Morgan fingerprint density at radius 1 is 1.35 bits per heavy atom. The zero-order chi connectivity index (χ0) is 16.0. The van der Waals surface area contributed by atoms with E-state index >= 15 is 0 Å². The first kappa shape index (κ1) is 15.1. The molecule has 23 heavy (non-hydrogen) atoms. The molecule has 0 saturated carbocycles. The van der Waals surface area contributed by atoms with Gasteiger partial charge in [0.1, 0.15) is 11.9 Å². The maximum atomic E-state index is 12.7. The standard InChI is InChI=1S/C18H22N2O2S/c1-10-6-7-13-14(8-10)23-18-15(13)17(21)19-16(20-18)11-4-3-5-12(9-11)22-2/h3-5,9-10,15-16,18,20H,6-8H2,1-2H3,(H,19,21). The number of nitrogens with one attached hydrogen (secondary N) is 2. The molecule has 2 aliphatic heterocycles. The monoisotopic (exact) mass is 330 g/mol. The summed E-state index contributed by atoms with van der Waals surface area (Å²) in [5, 5.41) is 6.93. The summed E-state index contributed by atoms with van der Waals surface area (Å²) in [6.45, 7) is 2.30. The second kappa shape index (κ2) is 5.87. The molecule has 1 amide bonds. The lowest BCUT2D eigenvalue weighted by Crippen LogP contribution is -2.54. The molecule has 4 unspecified atom stereocenters. The van der Waals surface area contributed by atoms with Gasteiger partial charge in [0.05, 0.1) is 18.4 Å². The average molecular weight is 330 g/mol. The van der Waals surface area contributed by atoms with Gasteiger partial charge in [0.15, 0.2) is 0 Å². The molecule has 2 N–H and O–H groups in total. The summed E-state index contributed by atoms with van der Waals surface area (Å²) in [6, 6.07) is 7.88. The second-order valence-electron chi connectivity index (χ2n) is 6.70. The number of hydrogen-bond acceptors (Lipinski definition) is 4. The number of carbonyl (C=O) groups is 1. The summed E-state index contributed by atoms with van der Waals surface area (Å²) in [7, 11) is 1.66. The van der Waals surface area contributed by atoms with E-state index in [1.165, 1.54) is 16.9 Å². The molecule has 1 aromatic carbocycles. The van der Waals surface area contributed by atoms with Gasteiger partial charge >= 0.3 is 0 Å². The Kier molecular flexibility index (Phi) is 3.85. The lowest BCUT2D eigenvalue weighted by Gasteiger charge is -2.35. The molecule has 4 atom stereocenters. The summed E-state index contributed by atoms with van der Waals surface area (Å²) in [6.07, 6.45) is 3.26. The molecule has 0 bridgehead atoms.